The fourth-order valence-electron chi connectivity index (χ4n) is 4.79. The largest absolute Gasteiger partial charge is 0.299 e. The van der Waals surface area contributed by atoms with Crippen LogP contribution in [0.5, 0.6) is 0 Å². The normalized spacial score (nSPS) is 23.3. The lowest BCUT2D eigenvalue weighted by Crippen LogP contribution is -2.57. The van der Waals surface area contributed by atoms with Crippen LogP contribution in [0.25, 0.3) is 0 Å². The zero-order valence-electron chi connectivity index (χ0n) is 16.3. The first-order valence-electron chi connectivity index (χ1n) is 9.94. The molecule has 2 aromatic carbocycles. The Kier molecular flexibility index (Phi) is 6.70. The number of nitrogens with one attached hydrogen (secondary N) is 1. The Balaban J connectivity index is 0.00000240. The van der Waals surface area contributed by atoms with E-state index in [2.05, 4.69) is 10.2 Å². The minimum absolute atomic E-state index is 0. The van der Waals surface area contributed by atoms with Crippen LogP contribution in [0.3, 0.4) is 0 Å². The molecular formula is C23H26ClFN2O2. The van der Waals surface area contributed by atoms with Crippen molar-refractivity contribution in [2.24, 2.45) is 5.92 Å². The van der Waals surface area contributed by atoms with E-state index < -0.39 is 5.41 Å². The Morgan fingerprint density at radius 3 is 2.28 bits per heavy atom. The second-order valence-corrected chi connectivity index (χ2v) is 7.89. The third kappa shape index (κ3) is 4.36. The lowest BCUT2D eigenvalue weighted by atomic mass is 9.62. The van der Waals surface area contributed by atoms with E-state index in [4.69, 9.17) is 0 Å². The summed E-state index contributed by atoms with van der Waals surface area (Å²) in [6.07, 6.45) is 2.76. The average Bonchev–Trinajstić information content (AvgIpc) is 2.72. The van der Waals surface area contributed by atoms with Crippen LogP contribution in [0.4, 0.5) is 4.39 Å². The van der Waals surface area contributed by atoms with Crippen molar-refractivity contribution < 1.29 is 14.0 Å². The maximum Gasteiger partial charge on any atom is 0.237 e. The molecular weight excluding hydrogens is 391 g/mol. The standard InChI is InChI=1S/C23H25FN2O2.ClH/c24-20-8-6-17(7-9-20)16-26-14-11-19(12-15-26)23(18-4-2-1-3-5-18)13-10-21(27)25-22(23)28;/h1-9,19H,10-16H2,(H,25,27,28);1H. The van der Waals surface area contributed by atoms with Gasteiger partial charge in [0.05, 0.1) is 5.41 Å². The second kappa shape index (κ2) is 9.06. The molecule has 1 unspecified atom stereocenters. The molecule has 0 aliphatic carbocycles. The molecule has 0 bridgehead atoms. The number of nitrogens with zero attached hydrogens (tertiary/aromatic N) is 1. The smallest absolute Gasteiger partial charge is 0.237 e. The third-order valence-electron chi connectivity index (χ3n) is 6.30. The summed E-state index contributed by atoms with van der Waals surface area (Å²) in [5.74, 6) is -0.338. The predicted octanol–water partition coefficient (Wildman–Crippen LogP) is 3.83. The number of imide groups is 1. The molecule has 1 N–H and O–H groups in total. The van der Waals surface area contributed by atoms with Crippen LogP contribution in [0.1, 0.15) is 36.8 Å². The third-order valence-corrected chi connectivity index (χ3v) is 6.30. The molecule has 29 heavy (non-hydrogen) atoms. The van der Waals surface area contributed by atoms with Crippen molar-refractivity contribution in [2.45, 2.75) is 37.6 Å². The Labute approximate surface area is 176 Å². The molecule has 2 fully saturated rings. The van der Waals surface area contributed by atoms with Crippen LogP contribution in [0, 0.1) is 11.7 Å². The van der Waals surface area contributed by atoms with Crippen LogP contribution >= 0.6 is 12.4 Å². The number of carbonyl (C=O) groups excluding carboxylic acids is 2. The molecule has 2 amide bonds. The SMILES string of the molecule is Cl.O=C1CCC(c2ccccc2)(C2CCN(Cc3ccc(F)cc3)CC2)C(=O)N1. The molecule has 0 aromatic heterocycles. The van der Waals surface area contributed by atoms with Gasteiger partial charge in [0.1, 0.15) is 5.82 Å². The number of rotatable bonds is 4. The van der Waals surface area contributed by atoms with Gasteiger partial charge in [0.15, 0.2) is 0 Å². The molecule has 6 heteroatoms. The Hall–Kier alpha value is -2.24. The topological polar surface area (TPSA) is 49.4 Å². The van der Waals surface area contributed by atoms with Gasteiger partial charge in [0, 0.05) is 13.0 Å². The van der Waals surface area contributed by atoms with E-state index >= 15 is 0 Å². The number of piperidine rings is 2. The van der Waals surface area contributed by atoms with Gasteiger partial charge in [-0.05, 0) is 61.5 Å². The molecule has 154 valence electrons. The molecule has 2 aliphatic heterocycles. The monoisotopic (exact) mass is 416 g/mol. The first kappa shape index (κ1) is 21.5. The summed E-state index contributed by atoms with van der Waals surface area (Å²) in [5, 5.41) is 2.60. The zero-order chi connectivity index (χ0) is 19.6. The Morgan fingerprint density at radius 2 is 1.66 bits per heavy atom. The van der Waals surface area contributed by atoms with E-state index in [0.29, 0.717) is 12.8 Å². The Morgan fingerprint density at radius 1 is 1.00 bits per heavy atom. The van der Waals surface area contributed by atoms with Crippen molar-refractivity contribution in [1.29, 1.82) is 0 Å². The highest BCUT2D eigenvalue weighted by Gasteiger charge is 2.50. The second-order valence-electron chi connectivity index (χ2n) is 7.89. The van der Waals surface area contributed by atoms with E-state index in [9.17, 15) is 14.0 Å². The lowest BCUT2D eigenvalue weighted by molar-refractivity contribution is -0.140. The summed E-state index contributed by atoms with van der Waals surface area (Å²) in [7, 11) is 0. The molecule has 2 aliphatic rings. The molecule has 0 radical (unpaired) electrons. The number of hydrogen-bond acceptors (Lipinski definition) is 3. The number of hydrogen-bond donors (Lipinski definition) is 1. The molecule has 4 nitrogen and oxygen atoms in total. The van der Waals surface area contributed by atoms with Crippen LogP contribution in [-0.2, 0) is 21.5 Å². The molecule has 1 atom stereocenters. The molecule has 0 spiro atoms. The fraction of sp³-hybridized carbons (Fsp3) is 0.391. The lowest BCUT2D eigenvalue weighted by Gasteiger charge is -2.45. The van der Waals surface area contributed by atoms with Gasteiger partial charge >= 0.3 is 0 Å². The van der Waals surface area contributed by atoms with Gasteiger partial charge in [-0.25, -0.2) is 4.39 Å². The van der Waals surface area contributed by atoms with Gasteiger partial charge in [-0.2, -0.15) is 0 Å². The summed E-state index contributed by atoms with van der Waals surface area (Å²) in [6, 6.07) is 16.6. The first-order chi connectivity index (χ1) is 13.6. The summed E-state index contributed by atoms with van der Waals surface area (Å²) in [4.78, 5) is 27.2. The number of halogens is 2. The van der Waals surface area contributed by atoms with E-state index in [1.165, 1.54) is 12.1 Å². The fourth-order valence-corrected chi connectivity index (χ4v) is 4.79. The predicted molar refractivity (Wildman–Crippen MR) is 112 cm³/mol. The van der Waals surface area contributed by atoms with Crippen molar-refractivity contribution in [3.8, 4) is 0 Å². The number of carbonyl (C=O) groups is 2. The highest BCUT2D eigenvalue weighted by atomic mass is 35.5. The highest BCUT2D eigenvalue weighted by molar-refractivity contribution is 6.03. The maximum atomic E-state index is 13.1. The van der Waals surface area contributed by atoms with Crippen molar-refractivity contribution in [1.82, 2.24) is 10.2 Å². The number of likely N-dealkylation sites (tertiary alicyclic amines) is 1. The Bertz CT molecular complexity index is 851. The molecule has 2 aromatic rings. The average molecular weight is 417 g/mol. The van der Waals surface area contributed by atoms with Gasteiger partial charge < -0.3 is 0 Å². The van der Waals surface area contributed by atoms with E-state index in [-0.39, 0.29) is 36.0 Å². The van der Waals surface area contributed by atoms with Crippen molar-refractivity contribution in [3.05, 3.63) is 71.5 Å². The maximum absolute atomic E-state index is 13.1. The number of amides is 2. The van der Waals surface area contributed by atoms with Crippen LogP contribution in [0.15, 0.2) is 54.6 Å². The summed E-state index contributed by atoms with van der Waals surface area (Å²) < 4.78 is 13.1. The van der Waals surface area contributed by atoms with Crippen molar-refractivity contribution in [2.75, 3.05) is 13.1 Å². The molecule has 2 heterocycles. The van der Waals surface area contributed by atoms with E-state index in [1.54, 1.807) is 0 Å². The summed E-state index contributed by atoms with van der Waals surface area (Å²) in [5.41, 5.74) is 1.48. The van der Waals surface area contributed by atoms with Crippen molar-refractivity contribution in [3.63, 3.8) is 0 Å². The van der Waals surface area contributed by atoms with Crippen LogP contribution in [-0.4, -0.2) is 29.8 Å². The van der Waals surface area contributed by atoms with Gasteiger partial charge in [-0.1, -0.05) is 42.5 Å². The minimum Gasteiger partial charge on any atom is -0.299 e. The van der Waals surface area contributed by atoms with Crippen molar-refractivity contribution >= 4 is 24.2 Å². The summed E-state index contributed by atoms with van der Waals surface area (Å²) >= 11 is 0. The molecule has 0 saturated carbocycles. The van der Waals surface area contributed by atoms with Gasteiger partial charge in [0.2, 0.25) is 11.8 Å². The molecule has 2 saturated heterocycles. The quantitative estimate of drug-likeness (QED) is 0.770. The molecule has 4 rings (SSSR count). The number of benzene rings is 2. The van der Waals surface area contributed by atoms with E-state index in [1.807, 2.05) is 42.5 Å². The van der Waals surface area contributed by atoms with Gasteiger partial charge in [-0.3, -0.25) is 19.8 Å². The van der Waals surface area contributed by atoms with Gasteiger partial charge in [-0.15, -0.1) is 12.4 Å². The van der Waals surface area contributed by atoms with E-state index in [0.717, 1.165) is 43.6 Å². The van der Waals surface area contributed by atoms with Gasteiger partial charge in [0.25, 0.3) is 0 Å². The minimum atomic E-state index is -0.628. The first-order valence-corrected chi connectivity index (χ1v) is 9.94. The summed E-state index contributed by atoms with van der Waals surface area (Å²) in [6.45, 7) is 2.56. The highest BCUT2D eigenvalue weighted by Crippen LogP contribution is 2.44. The van der Waals surface area contributed by atoms with Crippen LogP contribution < -0.4 is 5.32 Å². The zero-order valence-corrected chi connectivity index (χ0v) is 17.1. The van der Waals surface area contributed by atoms with Crippen LogP contribution in [0.2, 0.25) is 0 Å².